The van der Waals surface area contributed by atoms with Crippen molar-refractivity contribution in [3.05, 3.63) is 27.7 Å². The smallest absolute Gasteiger partial charge is 0.136 e. The van der Waals surface area contributed by atoms with E-state index in [4.69, 9.17) is 10.5 Å². The van der Waals surface area contributed by atoms with Crippen LogP contribution in [0.5, 0.6) is 5.75 Å². The SMILES string of the molecule is COc1c(Br)cc(C(C)C)cc1CCCN. The molecule has 16 heavy (non-hydrogen) atoms. The van der Waals surface area contributed by atoms with Crippen LogP contribution in [-0.2, 0) is 6.42 Å². The van der Waals surface area contributed by atoms with E-state index in [1.54, 1.807) is 7.11 Å². The number of aryl methyl sites for hydroxylation is 1. The maximum Gasteiger partial charge on any atom is 0.136 e. The number of hydrogen-bond acceptors (Lipinski definition) is 2. The van der Waals surface area contributed by atoms with Crippen molar-refractivity contribution in [3.8, 4) is 5.75 Å². The Bertz CT molecular complexity index is 350. The zero-order valence-electron chi connectivity index (χ0n) is 10.2. The Morgan fingerprint density at radius 2 is 2.06 bits per heavy atom. The first kappa shape index (κ1) is 13.5. The molecule has 0 fully saturated rings. The molecule has 1 aromatic rings. The molecule has 2 nitrogen and oxygen atoms in total. The van der Waals surface area contributed by atoms with Gasteiger partial charge < -0.3 is 10.5 Å². The molecule has 2 N–H and O–H groups in total. The summed E-state index contributed by atoms with van der Waals surface area (Å²) in [5.41, 5.74) is 8.13. The number of ether oxygens (including phenoxy) is 1. The average molecular weight is 286 g/mol. The van der Waals surface area contributed by atoms with E-state index in [-0.39, 0.29) is 0 Å². The van der Waals surface area contributed by atoms with Gasteiger partial charge in [0.2, 0.25) is 0 Å². The van der Waals surface area contributed by atoms with Gasteiger partial charge in [-0.2, -0.15) is 0 Å². The maximum absolute atomic E-state index is 5.55. The molecule has 0 atom stereocenters. The molecule has 0 amide bonds. The molecule has 0 spiro atoms. The van der Waals surface area contributed by atoms with Crippen LogP contribution in [0, 0.1) is 0 Å². The third-order valence-electron chi connectivity index (χ3n) is 2.66. The largest absolute Gasteiger partial charge is 0.495 e. The molecule has 0 saturated carbocycles. The molecule has 0 aliphatic rings. The van der Waals surface area contributed by atoms with E-state index in [2.05, 4.69) is 41.9 Å². The molecule has 0 saturated heterocycles. The molecular formula is C13H20BrNO. The van der Waals surface area contributed by atoms with Gasteiger partial charge in [-0.3, -0.25) is 0 Å². The average Bonchev–Trinajstić information content (AvgIpc) is 2.25. The number of hydrogen-bond donors (Lipinski definition) is 1. The van der Waals surface area contributed by atoms with Crippen LogP contribution < -0.4 is 10.5 Å². The molecule has 1 rings (SSSR count). The van der Waals surface area contributed by atoms with E-state index in [0.29, 0.717) is 12.5 Å². The van der Waals surface area contributed by atoms with E-state index in [1.807, 2.05) is 0 Å². The number of halogens is 1. The Labute approximate surface area is 106 Å². The summed E-state index contributed by atoms with van der Waals surface area (Å²) in [4.78, 5) is 0. The third kappa shape index (κ3) is 3.22. The zero-order chi connectivity index (χ0) is 12.1. The summed E-state index contributed by atoms with van der Waals surface area (Å²) in [6.45, 7) is 5.11. The lowest BCUT2D eigenvalue weighted by Crippen LogP contribution is -2.03. The molecule has 0 aromatic heterocycles. The minimum Gasteiger partial charge on any atom is -0.495 e. The number of nitrogens with two attached hydrogens (primary N) is 1. The molecule has 90 valence electrons. The Morgan fingerprint density at radius 1 is 1.38 bits per heavy atom. The maximum atomic E-state index is 5.55. The lowest BCUT2D eigenvalue weighted by atomic mass is 9.98. The second-order valence-corrected chi connectivity index (χ2v) is 5.10. The van der Waals surface area contributed by atoms with Crippen LogP contribution in [-0.4, -0.2) is 13.7 Å². The monoisotopic (exact) mass is 285 g/mol. The normalized spacial score (nSPS) is 10.9. The predicted molar refractivity (Wildman–Crippen MR) is 72.2 cm³/mol. The minimum absolute atomic E-state index is 0.527. The van der Waals surface area contributed by atoms with Crippen LogP contribution in [0.15, 0.2) is 16.6 Å². The van der Waals surface area contributed by atoms with Crippen molar-refractivity contribution >= 4 is 15.9 Å². The summed E-state index contributed by atoms with van der Waals surface area (Å²) in [5.74, 6) is 1.47. The first-order chi connectivity index (χ1) is 7.60. The summed E-state index contributed by atoms with van der Waals surface area (Å²) in [5, 5.41) is 0. The van der Waals surface area contributed by atoms with E-state index in [9.17, 15) is 0 Å². The minimum atomic E-state index is 0.527. The lowest BCUT2D eigenvalue weighted by Gasteiger charge is -2.14. The van der Waals surface area contributed by atoms with Crippen LogP contribution in [0.1, 0.15) is 37.3 Å². The van der Waals surface area contributed by atoms with Crippen LogP contribution in [0.3, 0.4) is 0 Å². The number of rotatable bonds is 5. The Hall–Kier alpha value is -0.540. The summed E-state index contributed by atoms with van der Waals surface area (Å²) >= 11 is 3.56. The fraction of sp³-hybridized carbons (Fsp3) is 0.538. The van der Waals surface area contributed by atoms with Gasteiger partial charge in [0, 0.05) is 0 Å². The molecule has 0 radical (unpaired) electrons. The Kier molecular flexibility index (Phi) is 5.29. The lowest BCUT2D eigenvalue weighted by molar-refractivity contribution is 0.406. The molecule has 0 bridgehead atoms. The zero-order valence-corrected chi connectivity index (χ0v) is 11.8. The van der Waals surface area contributed by atoms with E-state index >= 15 is 0 Å². The van der Waals surface area contributed by atoms with Gasteiger partial charge in [0.25, 0.3) is 0 Å². The molecule has 0 heterocycles. The van der Waals surface area contributed by atoms with Crippen molar-refractivity contribution in [2.24, 2.45) is 5.73 Å². The van der Waals surface area contributed by atoms with Gasteiger partial charge in [-0.1, -0.05) is 19.9 Å². The van der Waals surface area contributed by atoms with Gasteiger partial charge in [-0.15, -0.1) is 0 Å². The molecule has 0 aliphatic carbocycles. The van der Waals surface area contributed by atoms with Gasteiger partial charge in [0.05, 0.1) is 11.6 Å². The quantitative estimate of drug-likeness (QED) is 0.899. The van der Waals surface area contributed by atoms with Crippen LogP contribution in [0.25, 0.3) is 0 Å². The van der Waals surface area contributed by atoms with Crippen molar-refractivity contribution in [2.45, 2.75) is 32.6 Å². The molecular weight excluding hydrogens is 266 g/mol. The standard InChI is InChI=1S/C13H20BrNO/c1-9(2)11-7-10(5-4-6-15)13(16-3)12(14)8-11/h7-9H,4-6,15H2,1-3H3. The van der Waals surface area contributed by atoms with E-state index < -0.39 is 0 Å². The molecule has 0 unspecified atom stereocenters. The predicted octanol–water partition coefficient (Wildman–Crippen LogP) is 3.47. The van der Waals surface area contributed by atoms with Gasteiger partial charge in [0.1, 0.15) is 5.75 Å². The van der Waals surface area contributed by atoms with E-state index in [0.717, 1.165) is 23.1 Å². The van der Waals surface area contributed by atoms with Gasteiger partial charge >= 0.3 is 0 Å². The van der Waals surface area contributed by atoms with Crippen molar-refractivity contribution in [1.82, 2.24) is 0 Å². The molecule has 0 aliphatic heterocycles. The van der Waals surface area contributed by atoms with Crippen molar-refractivity contribution in [3.63, 3.8) is 0 Å². The molecule has 3 heteroatoms. The first-order valence-corrected chi connectivity index (χ1v) is 6.45. The van der Waals surface area contributed by atoms with Crippen molar-refractivity contribution < 1.29 is 4.74 Å². The summed E-state index contributed by atoms with van der Waals surface area (Å²) in [6.07, 6.45) is 1.96. The van der Waals surface area contributed by atoms with Crippen molar-refractivity contribution in [2.75, 3.05) is 13.7 Å². The molecule has 1 aromatic carbocycles. The Morgan fingerprint density at radius 3 is 2.56 bits per heavy atom. The second kappa shape index (κ2) is 6.26. The number of methoxy groups -OCH3 is 1. The summed E-state index contributed by atoms with van der Waals surface area (Å²) < 4.78 is 6.46. The Balaban J connectivity index is 3.09. The van der Waals surface area contributed by atoms with Crippen LogP contribution in [0.2, 0.25) is 0 Å². The summed E-state index contributed by atoms with van der Waals surface area (Å²) in [7, 11) is 1.71. The van der Waals surface area contributed by atoms with Gasteiger partial charge in [0.15, 0.2) is 0 Å². The second-order valence-electron chi connectivity index (χ2n) is 4.24. The number of benzene rings is 1. The highest BCUT2D eigenvalue weighted by Crippen LogP contribution is 2.33. The van der Waals surface area contributed by atoms with Crippen molar-refractivity contribution in [1.29, 1.82) is 0 Å². The fourth-order valence-corrected chi connectivity index (χ4v) is 2.39. The topological polar surface area (TPSA) is 35.2 Å². The van der Waals surface area contributed by atoms with Gasteiger partial charge in [-0.25, -0.2) is 0 Å². The summed E-state index contributed by atoms with van der Waals surface area (Å²) in [6, 6.07) is 4.36. The highest BCUT2D eigenvalue weighted by atomic mass is 79.9. The highest BCUT2D eigenvalue weighted by molar-refractivity contribution is 9.10. The fourth-order valence-electron chi connectivity index (χ4n) is 1.71. The van der Waals surface area contributed by atoms with Gasteiger partial charge in [-0.05, 0) is 58.4 Å². The first-order valence-electron chi connectivity index (χ1n) is 5.66. The third-order valence-corrected chi connectivity index (χ3v) is 3.25. The van der Waals surface area contributed by atoms with E-state index in [1.165, 1.54) is 11.1 Å². The van der Waals surface area contributed by atoms with Crippen LogP contribution in [0.4, 0.5) is 0 Å². The highest BCUT2D eigenvalue weighted by Gasteiger charge is 2.11. The van der Waals surface area contributed by atoms with Crippen LogP contribution >= 0.6 is 15.9 Å².